The van der Waals surface area contributed by atoms with Crippen molar-refractivity contribution in [1.82, 2.24) is 20.2 Å². The molecule has 1 unspecified atom stereocenters. The fraction of sp³-hybridized carbons (Fsp3) is 0.615. The average molecular weight is 298 g/mol. The molecule has 0 aliphatic rings. The van der Waals surface area contributed by atoms with E-state index >= 15 is 0 Å². The molecule has 1 heterocycles. The first-order chi connectivity index (χ1) is 10.0. The van der Waals surface area contributed by atoms with Gasteiger partial charge >= 0.3 is 12.0 Å². The molecular formula is C13H22N4O4. The zero-order valence-corrected chi connectivity index (χ0v) is 12.3. The highest BCUT2D eigenvalue weighted by molar-refractivity contribution is 5.82. The van der Waals surface area contributed by atoms with Gasteiger partial charge < -0.3 is 25.0 Å². The van der Waals surface area contributed by atoms with Gasteiger partial charge in [-0.3, -0.25) is 0 Å². The Labute approximate surface area is 123 Å². The molecule has 1 aromatic heterocycles. The van der Waals surface area contributed by atoms with Crippen LogP contribution < -0.4 is 10.6 Å². The van der Waals surface area contributed by atoms with Crippen molar-refractivity contribution in [2.75, 3.05) is 20.3 Å². The van der Waals surface area contributed by atoms with E-state index in [1.54, 1.807) is 13.3 Å². The molecule has 0 aliphatic heterocycles. The van der Waals surface area contributed by atoms with E-state index in [1.807, 2.05) is 17.8 Å². The summed E-state index contributed by atoms with van der Waals surface area (Å²) in [4.78, 5) is 26.8. The maximum Gasteiger partial charge on any atom is 0.326 e. The van der Waals surface area contributed by atoms with Crippen LogP contribution in [0.3, 0.4) is 0 Å². The molecule has 0 spiro atoms. The number of amides is 2. The Morgan fingerprint density at radius 2 is 2.29 bits per heavy atom. The lowest BCUT2D eigenvalue weighted by Crippen LogP contribution is -2.46. The van der Waals surface area contributed by atoms with Crippen LogP contribution in [0.1, 0.15) is 18.7 Å². The number of aromatic nitrogens is 2. The smallest absolute Gasteiger partial charge is 0.326 e. The number of aryl methyl sites for hydroxylation is 1. The molecule has 118 valence electrons. The molecule has 0 saturated carbocycles. The predicted molar refractivity (Wildman–Crippen MR) is 76.0 cm³/mol. The van der Waals surface area contributed by atoms with Crippen molar-refractivity contribution in [3.05, 3.63) is 18.2 Å². The van der Waals surface area contributed by atoms with Gasteiger partial charge in [0.1, 0.15) is 11.9 Å². The normalized spacial score (nSPS) is 11.9. The third kappa shape index (κ3) is 6.26. The van der Waals surface area contributed by atoms with Crippen molar-refractivity contribution in [3.8, 4) is 0 Å². The Morgan fingerprint density at radius 3 is 2.86 bits per heavy atom. The summed E-state index contributed by atoms with van der Waals surface area (Å²) in [5, 5.41) is 14.1. The van der Waals surface area contributed by atoms with Gasteiger partial charge in [0.2, 0.25) is 0 Å². The quantitative estimate of drug-likeness (QED) is 0.562. The number of nitrogens with zero attached hydrogens (tertiary/aromatic N) is 2. The van der Waals surface area contributed by atoms with Gasteiger partial charge in [-0.2, -0.15) is 0 Å². The van der Waals surface area contributed by atoms with E-state index in [-0.39, 0.29) is 0 Å². The molecule has 1 rings (SSSR count). The van der Waals surface area contributed by atoms with Gasteiger partial charge in [-0.15, -0.1) is 0 Å². The number of urea groups is 1. The van der Waals surface area contributed by atoms with Crippen LogP contribution in [0.5, 0.6) is 0 Å². The molecular weight excluding hydrogens is 276 g/mol. The van der Waals surface area contributed by atoms with Crippen LogP contribution >= 0.6 is 0 Å². The summed E-state index contributed by atoms with van der Waals surface area (Å²) in [6.07, 6.45) is 4.99. The van der Waals surface area contributed by atoms with Gasteiger partial charge in [-0.1, -0.05) is 0 Å². The largest absolute Gasteiger partial charge is 0.480 e. The lowest BCUT2D eigenvalue weighted by atomic mass is 10.1. The van der Waals surface area contributed by atoms with Gasteiger partial charge in [0, 0.05) is 46.1 Å². The molecule has 0 fully saturated rings. The molecule has 0 radical (unpaired) electrons. The molecule has 0 aliphatic carbocycles. The number of nitrogens with one attached hydrogen (secondary N) is 2. The minimum absolute atomic E-state index is 0.329. The minimum Gasteiger partial charge on any atom is -0.480 e. The van der Waals surface area contributed by atoms with Crippen molar-refractivity contribution in [1.29, 1.82) is 0 Å². The number of carbonyl (C=O) groups is 2. The van der Waals surface area contributed by atoms with E-state index in [0.29, 0.717) is 32.4 Å². The van der Waals surface area contributed by atoms with Crippen LogP contribution in [-0.4, -0.2) is 53.0 Å². The minimum atomic E-state index is -1.05. The SMILES string of the molecule is COCCCC(NC(=O)NCCc1nccn1C)C(=O)O. The number of carboxylic acids is 1. The first kappa shape index (κ1) is 17.0. The molecule has 8 heteroatoms. The van der Waals surface area contributed by atoms with Crippen LogP contribution in [0.15, 0.2) is 12.4 Å². The molecule has 0 bridgehead atoms. The summed E-state index contributed by atoms with van der Waals surface area (Å²) in [5.74, 6) is -0.199. The Balaban J connectivity index is 2.29. The van der Waals surface area contributed by atoms with Gasteiger partial charge in [0.25, 0.3) is 0 Å². The van der Waals surface area contributed by atoms with E-state index in [0.717, 1.165) is 5.82 Å². The fourth-order valence-electron chi connectivity index (χ4n) is 1.82. The monoisotopic (exact) mass is 298 g/mol. The standard InChI is InChI=1S/C13H22N4O4/c1-17-8-7-14-11(17)5-6-15-13(20)16-10(12(18)19)4-3-9-21-2/h7-8,10H,3-6,9H2,1-2H3,(H,18,19)(H2,15,16,20). The lowest BCUT2D eigenvalue weighted by molar-refractivity contribution is -0.139. The van der Waals surface area contributed by atoms with E-state index in [9.17, 15) is 9.59 Å². The zero-order valence-electron chi connectivity index (χ0n) is 12.3. The van der Waals surface area contributed by atoms with Crippen LogP contribution in [0.25, 0.3) is 0 Å². The number of carboxylic acid groups (broad SMARTS) is 1. The molecule has 1 aromatic rings. The molecule has 0 saturated heterocycles. The first-order valence-corrected chi connectivity index (χ1v) is 6.77. The number of rotatable bonds is 9. The second-order valence-electron chi connectivity index (χ2n) is 4.63. The van der Waals surface area contributed by atoms with E-state index in [4.69, 9.17) is 9.84 Å². The molecule has 2 amide bonds. The topological polar surface area (TPSA) is 105 Å². The summed E-state index contributed by atoms with van der Waals surface area (Å²) in [7, 11) is 3.42. The third-order valence-corrected chi connectivity index (χ3v) is 3.00. The number of carbonyl (C=O) groups excluding carboxylic acids is 1. The first-order valence-electron chi connectivity index (χ1n) is 6.77. The van der Waals surface area contributed by atoms with Crippen LogP contribution in [0.4, 0.5) is 4.79 Å². The Kier molecular flexibility index (Phi) is 7.24. The van der Waals surface area contributed by atoms with Crippen LogP contribution in [-0.2, 0) is 23.0 Å². The predicted octanol–water partition coefficient (Wildman–Crippen LogP) is 0.142. The highest BCUT2D eigenvalue weighted by atomic mass is 16.5. The summed E-state index contributed by atoms with van der Waals surface area (Å²) in [6, 6.07) is -1.40. The van der Waals surface area contributed by atoms with Crippen molar-refractivity contribution >= 4 is 12.0 Å². The van der Waals surface area contributed by atoms with Crippen LogP contribution in [0.2, 0.25) is 0 Å². The summed E-state index contributed by atoms with van der Waals surface area (Å²) in [5.41, 5.74) is 0. The maximum absolute atomic E-state index is 11.7. The van der Waals surface area contributed by atoms with Gasteiger partial charge in [-0.05, 0) is 12.8 Å². The molecule has 3 N–H and O–H groups in total. The van der Waals surface area contributed by atoms with Crippen molar-refractivity contribution in [3.63, 3.8) is 0 Å². The zero-order chi connectivity index (χ0) is 15.7. The second kappa shape index (κ2) is 8.96. The fourth-order valence-corrected chi connectivity index (χ4v) is 1.82. The van der Waals surface area contributed by atoms with Crippen molar-refractivity contribution < 1.29 is 19.4 Å². The van der Waals surface area contributed by atoms with Gasteiger partial charge in [0.05, 0.1) is 0 Å². The van der Waals surface area contributed by atoms with E-state index in [2.05, 4.69) is 15.6 Å². The molecule has 0 aromatic carbocycles. The van der Waals surface area contributed by atoms with E-state index in [1.165, 1.54) is 0 Å². The third-order valence-electron chi connectivity index (χ3n) is 3.00. The lowest BCUT2D eigenvalue weighted by Gasteiger charge is -2.15. The highest BCUT2D eigenvalue weighted by Gasteiger charge is 2.19. The summed E-state index contributed by atoms with van der Waals surface area (Å²) in [6.45, 7) is 0.854. The van der Waals surface area contributed by atoms with Gasteiger partial charge in [-0.25, -0.2) is 14.6 Å². The Morgan fingerprint density at radius 1 is 1.52 bits per heavy atom. The van der Waals surface area contributed by atoms with E-state index < -0.39 is 18.0 Å². The highest BCUT2D eigenvalue weighted by Crippen LogP contribution is 1.98. The molecule has 21 heavy (non-hydrogen) atoms. The number of imidazole rings is 1. The van der Waals surface area contributed by atoms with Crippen LogP contribution in [0, 0.1) is 0 Å². The number of methoxy groups -OCH3 is 1. The number of aliphatic carboxylic acids is 1. The Bertz CT molecular complexity index is 461. The number of hydrogen-bond acceptors (Lipinski definition) is 4. The van der Waals surface area contributed by atoms with Crippen molar-refractivity contribution in [2.24, 2.45) is 7.05 Å². The van der Waals surface area contributed by atoms with Gasteiger partial charge in [0.15, 0.2) is 0 Å². The Hall–Kier alpha value is -2.09. The maximum atomic E-state index is 11.7. The second-order valence-corrected chi connectivity index (χ2v) is 4.63. The molecule has 8 nitrogen and oxygen atoms in total. The average Bonchev–Trinajstić information content (AvgIpc) is 2.83. The molecule has 1 atom stereocenters. The van der Waals surface area contributed by atoms with Crippen molar-refractivity contribution in [2.45, 2.75) is 25.3 Å². The number of ether oxygens (including phenoxy) is 1. The number of hydrogen-bond donors (Lipinski definition) is 3. The summed E-state index contributed by atoms with van der Waals surface area (Å²) >= 11 is 0. The summed E-state index contributed by atoms with van der Waals surface area (Å²) < 4.78 is 6.73.